The predicted molar refractivity (Wildman–Crippen MR) is 62.9 cm³/mol. The van der Waals surface area contributed by atoms with Gasteiger partial charge in [-0.25, -0.2) is 0 Å². The second-order valence-electron chi connectivity index (χ2n) is 4.06. The van der Waals surface area contributed by atoms with Gasteiger partial charge in [-0.1, -0.05) is 12.1 Å². The Kier molecular flexibility index (Phi) is 2.54. The van der Waals surface area contributed by atoms with Crippen LogP contribution < -0.4 is 9.64 Å². The van der Waals surface area contributed by atoms with Crippen molar-refractivity contribution >= 4 is 5.69 Å². The van der Waals surface area contributed by atoms with Gasteiger partial charge in [0, 0.05) is 18.7 Å². The fraction of sp³-hybridized carbons (Fsp3) is 0.385. The summed E-state index contributed by atoms with van der Waals surface area (Å²) in [6.07, 6.45) is 4.80. The van der Waals surface area contributed by atoms with Gasteiger partial charge < -0.3 is 14.4 Å². The highest BCUT2D eigenvalue weighted by atomic mass is 16.5. The maximum absolute atomic E-state index is 5.64. The quantitative estimate of drug-likeness (QED) is 0.718. The Hall–Kier alpha value is -1.48. The van der Waals surface area contributed by atoms with Crippen LogP contribution in [0.5, 0.6) is 5.75 Å². The van der Waals surface area contributed by atoms with Crippen molar-refractivity contribution in [2.45, 2.75) is 6.42 Å². The molecular weight excluding hydrogens is 202 g/mol. The van der Waals surface area contributed by atoms with Gasteiger partial charge in [0.25, 0.3) is 0 Å². The highest BCUT2D eigenvalue weighted by Crippen LogP contribution is 2.35. The maximum atomic E-state index is 5.64. The van der Waals surface area contributed by atoms with Crippen LogP contribution in [0.4, 0.5) is 5.69 Å². The second-order valence-corrected chi connectivity index (χ2v) is 4.06. The summed E-state index contributed by atoms with van der Waals surface area (Å²) in [5.41, 5.74) is 2.47. The molecule has 0 atom stereocenters. The zero-order valence-electron chi connectivity index (χ0n) is 9.19. The summed E-state index contributed by atoms with van der Waals surface area (Å²) in [6, 6.07) is 6.36. The van der Waals surface area contributed by atoms with E-state index >= 15 is 0 Å². The molecule has 0 aromatic heterocycles. The molecule has 2 heterocycles. The number of hydrogen-bond donors (Lipinski definition) is 0. The van der Waals surface area contributed by atoms with Crippen molar-refractivity contribution in [3.63, 3.8) is 0 Å². The first-order valence-corrected chi connectivity index (χ1v) is 5.71. The number of benzene rings is 1. The molecule has 1 saturated heterocycles. The predicted octanol–water partition coefficient (Wildman–Crippen LogP) is 1.97. The molecule has 0 saturated carbocycles. The summed E-state index contributed by atoms with van der Waals surface area (Å²) in [7, 11) is 0. The van der Waals surface area contributed by atoms with E-state index in [9.17, 15) is 0 Å². The van der Waals surface area contributed by atoms with Crippen LogP contribution in [0.1, 0.15) is 5.56 Å². The standard InChI is InChI=1S/C13H15NO2/c1-3-11-4-2-8-16-13(11)12(5-1)14-6-9-15-10-7-14/h1-3,5,8H,4,6-7,9-10H2. The normalized spacial score (nSPS) is 19.1. The first-order chi connectivity index (χ1) is 7.95. The lowest BCUT2D eigenvalue weighted by Gasteiger charge is -2.31. The van der Waals surface area contributed by atoms with Crippen LogP contribution in [0, 0.1) is 0 Å². The lowest BCUT2D eigenvalue weighted by Crippen LogP contribution is -2.36. The van der Waals surface area contributed by atoms with E-state index in [0.717, 1.165) is 38.5 Å². The molecule has 0 unspecified atom stereocenters. The van der Waals surface area contributed by atoms with Gasteiger partial charge in [0.2, 0.25) is 0 Å². The third-order valence-corrected chi connectivity index (χ3v) is 3.05. The van der Waals surface area contributed by atoms with E-state index in [-0.39, 0.29) is 0 Å². The van der Waals surface area contributed by atoms with Crippen molar-refractivity contribution in [1.29, 1.82) is 0 Å². The van der Waals surface area contributed by atoms with Crippen LogP contribution in [0.25, 0.3) is 0 Å². The average molecular weight is 217 g/mol. The number of fused-ring (bicyclic) bond motifs is 1. The van der Waals surface area contributed by atoms with Gasteiger partial charge in [-0.05, 0) is 18.6 Å². The topological polar surface area (TPSA) is 21.7 Å². The van der Waals surface area contributed by atoms with E-state index in [2.05, 4.69) is 23.1 Å². The number of morpholine rings is 1. The number of para-hydroxylation sites is 1. The Balaban J connectivity index is 1.94. The highest BCUT2D eigenvalue weighted by Gasteiger charge is 2.18. The average Bonchev–Trinajstić information content (AvgIpc) is 2.39. The van der Waals surface area contributed by atoms with Crippen LogP contribution >= 0.6 is 0 Å². The van der Waals surface area contributed by atoms with E-state index in [1.807, 2.05) is 6.08 Å². The molecule has 16 heavy (non-hydrogen) atoms. The zero-order chi connectivity index (χ0) is 10.8. The minimum atomic E-state index is 0.805. The van der Waals surface area contributed by atoms with Crippen LogP contribution in [0.15, 0.2) is 30.5 Å². The van der Waals surface area contributed by atoms with E-state index in [1.165, 1.54) is 11.3 Å². The number of allylic oxidation sites excluding steroid dienone is 1. The molecule has 1 fully saturated rings. The Morgan fingerprint density at radius 3 is 2.88 bits per heavy atom. The number of ether oxygens (including phenoxy) is 2. The first-order valence-electron chi connectivity index (χ1n) is 5.71. The molecule has 84 valence electrons. The Morgan fingerprint density at radius 1 is 1.12 bits per heavy atom. The highest BCUT2D eigenvalue weighted by molar-refractivity contribution is 5.63. The molecule has 0 aliphatic carbocycles. The Labute approximate surface area is 95.3 Å². The van der Waals surface area contributed by atoms with E-state index in [1.54, 1.807) is 6.26 Å². The Bertz CT molecular complexity index is 408. The SMILES string of the molecule is C1=COc2c(cccc2N2CCOCC2)C1. The molecule has 1 aromatic rings. The lowest BCUT2D eigenvalue weighted by molar-refractivity contribution is 0.122. The minimum absolute atomic E-state index is 0.805. The number of nitrogens with zero attached hydrogens (tertiary/aromatic N) is 1. The molecule has 0 N–H and O–H groups in total. The molecule has 0 amide bonds. The molecule has 1 aromatic carbocycles. The lowest BCUT2D eigenvalue weighted by atomic mass is 10.1. The summed E-state index contributed by atoms with van der Waals surface area (Å²) in [4.78, 5) is 2.33. The maximum Gasteiger partial charge on any atom is 0.153 e. The van der Waals surface area contributed by atoms with Crippen molar-refractivity contribution < 1.29 is 9.47 Å². The van der Waals surface area contributed by atoms with Gasteiger partial charge in [-0.15, -0.1) is 0 Å². The van der Waals surface area contributed by atoms with E-state index in [0.29, 0.717) is 0 Å². The van der Waals surface area contributed by atoms with Crippen LogP contribution in [-0.2, 0) is 11.2 Å². The first kappa shape index (κ1) is 9.73. The number of rotatable bonds is 1. The van der Waals surface area contributed by atoms with Crippen molar-refractivity contribution in [2.24, 2.45) is 0 Å². The van der Waals surface area contributed by atoms with Crippen molar-refractivity contribution in [3.8, 4) is 5.75 Å². The summed E-state index contributed by atoms with van der Waals surface area (Å²) in [5, 5.41) is 0. The van der Waals surface area contributed by atoms with Gasteiger partial charge >= 0.3 is 0 Å². The number of anilines is 1. The van der Waals surface area contributed by atoms with Gasteiger partial charge in [-0.2, -0.15) is 0 Å². The van der Waals surface area contributed by atoms with Crippen LogP contribution in [0.3, 0.4) is 0 Å². The molecule has 0 spiro atoms. The minimum Gasteiger partial charge on any atom is -0.463 e. The summed E-state index contributed by atoms with van der Waals surface area (Å²) in [6.45, 7) is 3.51. The third-order valence-electron chi connectivity index (χ3n) is 3.05. The molecule has 0 bridgehead atoms. The van der Waals surface area contributed by atoms with Crippen molar-refractivity contribution in [1.82, 2.24) is 0 Å². The van der Waals surface area contributed by atoms with Crippen LogP contribution in [-0.4, -0.2) is 26.3 Å². The zero-order valence-corrected chi connectivity index (χ0v) is 9.19. The van der Waals surface area contributed by atoms with Crippen molar-refractivity contribution in [2.75, 3.05) is 31.2 Å². The fourth-order valence-corrected chi connectivity index (χ4v) is 2.21. The summed E-state index contributed by atoms with van der Waals surface area (Å²) in [5.74, 6) is 1.02. The van der Waals surface area contributed by atoms with E-state index < -0.39 is 0 Å². The molecular formula is C13H15NO2. The molecule has 2 aliphatic rings. The molecule has 0 radical (unpaired) electrons. The number of hydrogen-bond acceptors (Lipinski definition) is 3. The molecule has 3 rings (SSSR count). The fourth-order valence-electron chi connectivity index (χ4n) is 2.21. The largest absolute Gasteiger partial charge is 0.463 e. The monoisotopic (exact) mass is 217 g/mol. The molecule has 3 heteroatoms. The second kappa shape index (κ2) is 4.18. The Morgan fingerprint density at radius 2 is 2.00 bits per heavy atom. The van der Waals surface area contributed by atoms with Gasteiger partial charge in [0.05, 0.1) is 25.2 Å². The van der Waals surface area contributed by atoms with Gasteiger partial charge in [0.15, 0.2) is 5.75 Å². The van der Waals surface area contributed by atoms with Crippen molar-refractivity contribution in [3.05, 3.63) is 36.1 Å². The molecule has 2 aliphatic heterocycles. The van der Waals surface area contributed by atoms with Gasteiger partial charge in [0.1, 0.15) is 0 Å². The van der Waals surface area contributed by atoms with Gasteiger partial charge in [-0.3, -0.25) is 0 Å². The van der Waals surface area contributed by atoms with E-state index in [4.69, 9.17) is 9.47 Å². The molecule has 3 nitrogen and oxygen atoms in total. The third kappa shape index (κ3) is 1.67. The smallest absolute Gasteiger partial charge is 0.153 e. The summed E-state index contributed by atoms with van der Waals surface area (Å²) < 4.78 is 11.0. The van der Waals surface area contributed by atoms with Crippen LogP contribution in [0.2, 0.25) is 0 Å². The summed E-state index contributed by atoms with van der Waals surface area (Å²) >= 11 is 0.